The smallest absolute Gasteiger partial charge is 0.209 e. The first-order chi connectivity index (χ1) is 5.20. The van der Waals surface area contributed by atoms with E-state index in [0.29, 0.717) is 6.54 Å². The first-order valence-corrected chi connectivity index (χ1v) is 3.33. The van der Waals surface area contributed by atoms with Gasteiger partial charge in [-0.3, -0.25) is 4.79 Å². The molecule has 2 nitrogen and oxygen atoms in total. The lowest BCUT2D eigenvalue weighted by atomic mass is 10.2. The third-order valence-electron chi connectivity index (χ3n) is 1.10. The van der Waals surface area contributed by atoms with E-state index in [1.54, 1.807) is 19.2 Å². The molecule has 0 aliphatic carbocycles. The van der Waals surface area contributed by atoms with Crippen LogP contribution in [0.15, 0.2) is 37.0 Å². The lowest BCUT2D eigenvalue weighted by molar-refractivity contribution is -0.116. The van der Waals surface area contributed by atoms with Gasteiger partial charge in [0.1, 0.15) is 0 Å². The number of amides is 1. The predicted molar refractivity (Wildman–Crippen MR) is 53.9 cm³/mol. The fourth-order valence-corrected chi connectivity index (χ4v) is 0.614. The van der Waals surface area contributed by atoms with Gasteiger partial charge in [0.2, 0.25) is 6.41 Å². The van der Waals surface area contributed by atoms with Crippen LogP contribution in [0.1, 0.15) is 7.43 Å². The number of hydrogen-bond acceptors (Lipinski definition) is 1. The number of likely N-dealkylation sites (N-methyl/N-ethyl adjacent to an activating group) is 1. The average molecular weight is 167 g/mol. The minimum absolute atomic E-state index is 0. The van der Waals surface area contributed by atoms with Crippen molar-refractivity contribution in [1.82, 2.24) is 4.90 Å². The van der Waals surface area contributed by atoms with E-state index in [-0.39, 0.29) is 7.43 Å². The van der Waals surface area contributed by atoms with Crippen LogP contribution in [0.5, 0.6) is 0 Å². The van der Waals surface area contributed by atoms with Gasteiger partial charge < -0.3 is 4.90 Å². The Balaban J connectivity index is 0. The maximum Gasteiger partial charge on any atom is 0.209 e. The Hall–Kier alpha value is -1.31. The Bertz CT molecular complexity index is 182. The Morgan fingerprint density at radius 2 is 2.17 bits per heavy atom. The highest BCUT2D eigenvalue weighted by Crippen LogP contribution is 1.94. The van der Waals surface area contributed by atoms with Crippen molar-refractivity contribution in [3.63, 3.8) is 0 Å². The van der Waals surface area contributed by atoms with Crippen molar-refractivity contribution in [3.8, 4) is 0 Å². The molecule has 0 atom stereocenters. The third kappa shape index (κ3) is 6.81. The molecule has 12 heavy (non-hydrogen) atoms. The first-order valence-electron chi connectivity index (χ1n) is 3.33. The van der Waals surface area contributed by atoms with Gasteiger partial charge in [0.05, 0.1) is 0 Å². The van der Waals surface area contributed by atoms with Crippen LogP contribution in [-0.2, 0) is 4.79 Å². The first kappa shape index (κ1) is 13.3. The van der Waals surface area contributed by atoms with E-state index in [0.717, 1.165) is 12.0 Å². The van der Waals surface area contributed by atoms with Crippen LogP contribution in [0.3, 0.4) is 0 Å². The number of carbonyl (C=O) groups excluding carboxylic acids is 1. The highest BCUT2D eigenvalue weighted by Gasteiger charge is 1.92. The predicted octanol–water partition coefficient (Wildman–Crippen LogP) is 2.01. The molecule has 0 saturated heterocycles. The van der Waals surface area contributed by atoms with E-state index in [9.17, 15) is 4.79 Å². The maximum absolute atomic E-state index is 10.2. The molecule has 0 aromatic heterocycles. The van der Waals surface area contributed by atoms with E-state index >= 15 is 0 Å². The fourth-order valence-electron chi connectivity index (χ4n) is 0.614. The minimum Gasteiger partial charge on any atom is -0.344 e. The zero-order chi connectivity index (χ0) is 8.69. The standard InChI is InChI=1S/C9H13NO.CH4/c1-4-5-6-9(2)7-10(3)8-11;/h4-6,8H,1-2,7H2,3H3;1H4/b6-5-;. The molecule has 68 valence electrons. The summed E-state index contributed by atoms with van der Waals surface area (Å²) in [7, 11) is 1.71. The molecule has 0 rings (SSSR count). The van der Waals surface area contributed by atoms with Gasteiger partial charge in [0.25, 0.3) is 0 Å². The molecule has 0 aromatic carbocycles. The molecule has 0 aliphatic rings. The molecule has 0 aromatic rings. The molecule has 0 aliphatic heterocycles. The molecule has 0 spiro atoms. The Kier molecular flexibility index (Phi) is 8.63. The molecule has 1 amide bonds. The molecule has 0 unspecified atom stereocenters. The summed E-state index contributed by atoms with van der Waals surface area (Å²) in [6.07, 6.45) is 6.06. The Morgan fingerprint density at radius 3 is 2.58 bits per heavy atom. The SMILES string of the molecule is C.C=C/C=C\C(=C)CN(C)C=O. The normalized spacial score (nSPS) is 8.75. The minimum atomic E-state index is 0. The monoisotopic (exact) mass is 167 g/mol. The molecule has 2 heteroatoms. The molecule has 0 heterocycles. The van der Waals surface area contributed by atoms with E-state index < -0.39 is 0 Å². The summed E-state index contributed by atoms with van der Waals surface area (Å²) in [4.78, 5) is 11.7. The summed E-state index contributed by atoms with van der Waals surface area (Å²) >= 11 is 0. The van der Waals surface area contributed by atoms with Gasteiger partial charge in [-0.1, -0.05) is 38.8 Å². The van der Waals surface area contributed by atoms with Crippen molar-refractivity contribution in [2.45, 2.75) is 7.43 Å². The fraction of sp³-hybridized carbons (Fsp3) is 0.300. The van der Waals surface area contributed by atoms with Gasteiger partial charge in [0.15, 0.2) is 0 Å². The number of allylic oxidation sites excluding steroid dienone is 2. The van der Waals surface area contributed by atoms with Gasteiger partial charge in [-0.15, -0.1) is 0 Å². The van der Waals surface area contributed by atoms with E-state index in [2.05, 4.69) is 13.2 Å². The molecule has 0 fully saturated rings. The van der Waals surface area contributed by atoms with Crippen molar-refractivity contribution >= 4 is 6.41 Å². The quantitative estimate of drug-likeness (QED) is 0.453. The number of nitrogens with zero attached hydrogens (tertiary/aromatic N) is 1. The van der Waals surface area contributed by atoms with Gasteiger partial charge in [-0.2, -0.15) is 0 Å². The zero-order valence-corrected chi connectivity index (χ0v) is 6.79. The Labute approximate surface area is 74.9 Å². The molecule has 0 saturated carbocycles. The van der Waals surface area contributed by atoms with Crippen molar-refractivity contribution in [1.29, 1.82) is 0 Å². The van der Waals surface area contributed by atoms with Crippen LogP contribution in [0.4, 0.5) is 0 Å². The molecular weight excluding hydrogens is 150 g/mol. The van der Waals surface area contributed by atoms with Gasteiger partial charge in [-0.25, -0.2) is 0 Å². The van der Waals surface area contributed by atoms with Crippen LogP contribution in [0, 0.1) is 0 Å². The lowest BCUT2D eigenvalue weighted by Gasteiger charge is -2.08. The summed E-state index contributed by atoms with van der Waals surface area (Å²) in [5, 5.41) is 0. The van der Waals surface area contributed by atoms with Crippen LogP contribution < -0.4 is 0 Å². The second kappa shape index (κ2) is 7.79. The van der Waals surface area contributed by atoms with Crippen LogP contribution in [0.25, 0.3) is 0 Å². The Morgan fingerprint density at radius 1 is 1.58 bits per heavy atom. The van der Waals surface area contributed by atoms with Crippen molar-refractivity contribution in [2.75, 3.05) is 13.6 Å². The second-order valence-electron chi connectivity index (χ2n) is 2.27. The van der Waals surface area contributed by atoms with Gasteiger partial charge in [0, 0.05) is 13.6 Å². The van der Waals surface area contributed by atoms with Gasteiger partial charge >= 0.3 is 0 Å². The van der Waals surface area contributed by atoms with Crippen molar-refractivity contribution < 1.29 is 4.79 Å². The number of rotatable bonds is 5. The maximum atomic E-state index is 10.2. The van der Waals surface area contributed by atoms with E-state index in [4.69, 9.17) is 0 Å². The number of hydrogen-bond donors (Lipinski definition) is 0. The topological polar surface area (TPSA) is 20.3 Å². The summed E-state index contributed by atoms with van der Waals surface area (Å²) in [5.41, 5.74) is 0.888. The van der Waals surface area contributed by atoms with Gasteiger partial charge in [-0.05, 0) is 5.57 Å². The molecule has 0 N–H and O–H groups in total. The largest absolute Gasteiger partial charge is 0.344 e. The summed E-state index contributed by atoms with van der Waals surface area (Å²) in [6.45, 7) is 7.83. The van der Waals surface area contributed by atoms with Crippen LogP contribution >= 0.6 is 0 Å². The summed E-state index contributed by atoms with van der Waals surface area (Å²) in [5.74, 6) is 0. The molecular formula is C10H17NO. The number of carbonyl (C=O) groups is 1. The summed E-state index contributed by atoms with van der Waals surface area (Å²) in [6, 6.07) is 0. The van der Waals surface area contributed by atoms with Crippen LogP contribution in [0.2, 0.25) is 0 Å². The van der Waals surface area contributed by atoms with E-state index in [1.807, 2.05) is 6.08 Å². The summed E-state index contributed by atoms with van der Waals surface area (Å²) < 4.78 is 0. The van der Waals surface area contributed by atoms with Crippen molar-refractivity contribution in [2.24, 2.45) is 0 Å². The van der Waals surface area contributed by atoms with Crippen molar-refractivity contribution in [3.05, 3.63) is 37.0 Å². The molecule has 0 bridgehead atoms. The molecule has 0 radical (unpaired) electrons. The average Bonchev–Trinajstić information content (AvgIpc) is 2.00. The van der Waals surface area contributed by atoms with E-state index in [1.165, 1.54) is 4.90 Å². The third-order valence-corrected chi connectivity index (χ3v) is 1.10. The zero-order valence-electron chi connectivity index (χ0n) is 6.79. The highest BCUT2D eigenvalue weighted by molar-refractivity contribution is 5.47. The van der Waals surface area contributed by atoms with Crippen LogP contribution in [-0.4, -0.2) is 24.9 Å². The second-order valence-corrected chi connectivity index (χ2v) is 2.27. The lowest BCUT2D eigenvalue weighted by Crippen LogP contribution is -2.17. The highest BCUT2D eigenvalue weighted by atomic mass is 16.1.